The van der Waals surface area contributed by atoms with Gasteiger partial charge in [0.15, 0.2) is 0 Å². The van der Waals surface area contributed by atoms with Crippen LogP contribution in [0.5, 0.6) is 11.5 Å². The molecule has 0 amide bonds. The Bertz CT molecular complexity index is 785. The number of nitrogens with one attached hydrogen (secondary N) is 1. The van der Waals surface area contributed by atoms with Crippen LogP contribution in [0.25, 0.3) is 0 Å². The van der Waals surface area contributed by atoms with Crippen LogP contribution >= 0.6 is 0 Å². The lowest BCUT2D eigenvalue weighted by atomic mass is 10.1. The van der Waals surface area contributed by atoms with Gasteiger partial charge < -0.3 is 14.8 Å². The molecule has 1 saturated heterocycles. The highest BCUT2D eigenvalue weighted by molar-refractivity contribution is 5.40. The van der Waals surface area contributed by atoms with E-state index in [-0.39, 0.29) is 12.0 Å². The molecule has 0 radical (unpaired) electrons. The summed E-state index contributed by atoms with van der Waals surface area (Å²) in [6.45, 7) is 2.12. The molecule has 1 atom stereocenters. The number of hydrogen-bond donors (Lipinski definition) is 1. The minimum Gasteiger partial charge on any atom is -0.497 e. The van der Waals surface area contributed by atoms with Crippen LogP contribution in [0.4, 0.5) is 19.1 Å². The predicted molar refractivity (Wildman–Crippen MR) is 93.9 cm³/mol. The lowest BCUT2D eigenvalue weighted by Crippen LogP contribution is -2.27. The third-order valence-corrected chi connectivity index (χ3v) is 4.43. The molecule has 1 fully saturated rings. The summed E-state index contributed by atoms with van der Waals surface area (Å²) in [5.74, 6) is 1.51. The minimum absolute atomic E-state index is 0.00404. The average molecular weight is 382 g/mol. The number of rotatable bonds is 6. The van der Waals surface area contributed by atoms with Gasteiger partial charge in [0, 0.05) is 37.4 Å². The molecule has 146 valence electrons. The van der Waals surface area contributed by atoms with Gasteiger partial charge in [0.25, 0.3) is 0 Å². The lowest BCUT2D eigenvalue weighted by molar-refractivity contribution is -0.141. The molecule has 0 aliphatic carbocycles. The zero-order valence-corrected chi connectivity index (χ0v) is 15.1. The van der Waals surface area contributed by atoms with E-state index in [0.717, 1.165) is 42.3 Å². The highest BCUT2D eigenvalue weighted by Crippen LogP contribution is 2.29. The molecule has 9 heteroatoms. The van der Waals surface area contributed by atoms with Gasteiger partial charge >= 0.3 is 6.18 Å². The van der Waals surface area contributed by atoms with Gasteiger partial charge in [-0.2, -0.15) is 13.2 Å². The molecule has 1 aromatic carbocycles. The van der Waals surface area contributed by atoms with Crippen molar-refractivity contribution >= 4 is 5.95 Å². The number of methoxy groups -OCH3 is 2. The van der Waals surface area contributed by atoms with Crippen molar-refractivity contribution in [2.75, 3.05) is 32.6 Å². The quantitative estimate of drug-likeness (QED) is 0.828. The van der Waals surface area contributed by atoms with Gasteiger partial charge in [-0.1, -0.05) is 0 Å². The number of likely N-dealkylation sites (tertiary alicyclic amines) is 1. The van der Waals surface area contributed by atoms with Gasteiger partial charge in [-0.05, 0) is 30.7 Å². The Kier molecular flexibility index (Phi) is 5.69. The van der Waals surface area contributed by atoms with Gasteiger partial charge in [-0.3, -0.25) is 4.90 Å². The SMILES string of the molecule is COc1ccc(OC)c(CN2CCC(Nc3nccc(C(F)(F)F)n3)C2)c1. The molecule has 0 bridgehead atoms. The summed E-state index contributed by atoms with van der Waals surface area (Å²) in [5, 5.41) is 3.00. The van der Waals surface area contributed by atoms with Crippen LogP contribution < -0.4 is 14.8 Å². The molecule has 2 aromatic rings. The normalized spacial score (nSPS) is 17.7. The molecule has 1 aliphatic rings. The van der Waals surface area contributed by atoms with Crippen molar-refractivity contribution < 1.29 is 22.6 Å². The van der Waals surface area contributed by atoms with Crippen LogP contribution in [0.15, 0.2) is 30.5 Å². The summed E-state index contributed by atoms with van der Waals surface area (Å²) < 4.78 is 49.0. The first kappa shape index (κ1) is 19.2. The molecule has 2 heterocycles. The van der Waals surface area contributed by atoms with Gasteiger partial charge in [0.2, 0.25) is 5.95 Å². The first-order valence-corrected chi connectivity index (χ1v) is 8.49. The Hall–Kier alpha value is -2.55. The number of ether oxygens (including phenoxy) is 2. The van der Waals surface area contributed by atoms with Crippen molar-refractivity contribution in [1.29, 1.82) is 0 Å². The Labute approximate surface area is 155 Å². The number of nitrogens with zero attached hydrogens (tertiary/aromatic N) is 3. The molecule has 27 heavy (non-hydrogen) atoms. The molecular formula is C18H21F3N4O2. The number of halogens is 3. The molecule has 6 nitrogen and oxygen atoms in total. The van der Waals surface area contributed by atoms with Gasteiger partial charge in [-0.25, -0.2) is 9.97 Å². The zero-order chi connectivity index (χ0) is 19.4. The molecule has 1 N–H and O–H groups in total. The van der Waals surface area contributed by atoms with E-state index < -0.39 is 11.9 Å². The van der Waals surface area contributed by atoms with E-state index >= 15 is 0 Å². The lowest BCUT2D eigenvalue weighted by Gasteiger charge is -2.19. The fourth-order valence-corrected chi connectivity index (χ4v) is 3.11. The second kappa shape index (κ2) is 7.99. The number of aromatic nitrogens is 2. The standard InChI is InChI=1S/C18H21F3N4O2/c1-26-14-3-4-15(27-2)12(9-14)10-25-8-6-13(11-25)23-17-22-7-5-16(24-17)18(19,20)21/h3-5,7,9,13H,6,8,10-11H2,1-2H3,(H,22,23,24). The maximum Gasteiger partial charge on any atom is 0.433 e. The molecule has 0 saturated carbocycles. The van der Waals surface area contributed by atoms with Crippen molar-refractivity contribution in [3.05, 3.63) is 41.7 Å². The van der Waals surface area contributed by atoms with Crippen LogP contribution in [0.3, 0.4) is 0 Å². The summed E-state index contributed by atoms with van der Waals surface area (Å²) in [6, 6.07) is 6.46. The van der Waals surface area contributed by atoms with Crippen LogP contribution in [-0.2, 0) is 12.7 Å². The van der Waals surface area contributed by atoms with E-state index in [1.54, 1.807) is 14.2 Å². The Morgan fingerprint density at radius 2 is 2.04 bits per heavy atom. The Morgan fingerprint density at radius 3 is 2.74 bits per heavy atom. The third-order valence-electron chi connectivity index (χ3n) is 4.43. The molecule has 1 unspecified atom stereocenters. The van der Waals surface area contributed by atoms with Crippen LogP contribution in [0, 0.1) is 0 Å². The van der Waals surface area contributed by atoms with Crippen LogP contribution in [-0.4, -0.2) is 48.2 Å². The predicted octanol–water partition coefficient (Wildman–Crippen LogP) is 3.20. The van der Waals surface area contributed by atoms with Crippen molar-refractivity contribution in [2.45, 2.75) is 25.2 Å². The average Bonchev–Trinajstić information content (AvgIpc) is 3.08. The maximum atomic E-state index is 12.8. The first-order chi connectivity index (χ1) is 12.9. The summed E-state index contributed by atoms with van der Waals surface area (Å²) in [6.07, 6.45) is -2.58. The largest absolute Gasteiger partial charge is 0.497 e. The molecule has 3 rings (SSSR count). The highest BCUT2D eigenvalue weighted by Gasteiger charge is 2.33. The summed E-state index contributed by atoms with van der Waals surface area (Å²) in [5.41, 5.74) is 0.0452. The van der Waals surface area contributed by atoms with Crippen molar-refractivity contribution in [3.63, 3.8) is 0 Å². The molecule has 1 aromatic heterocycles. The zero-order valence-electron chi connectivity index (χ0n) is 15.1. The van der Waals surface area contributed by atoms with Crippen molar-refractivity contribution in [3.8, 4) is 11.5 Å². The summed E-state index contributed by atoms with van der Waals surface area (Å²) in [7, 11) is 3.22. The number of hydrogen-bond acceptors (Lipinski definition) is 6. The van der Waals surface area contributed by atoms with E-state index in [1.165, 1.54) is 0 Å². The van der Waals surface area contributed by atoms with E-state index in [1.807, 2.05) is 18.2 Å². The summed E-state index contributed by atoms with van der Waals surface area (Å²) >= 11 is 0. The fraction of sp³-hybridized carbons (Fsp3) is 0.444. The van der Waals surface area contributed by atoms with Crippen molar-refractivity contribution in [2.24, 2.45) is 0 Å². The monoisotopic (exact) mass is 382 g/mol. The van der Waals surface area contributed by atoms with E-state index in [0.29, 0.717) is 13.1 Å². The fourth-order valence-electron chi connectivity index (χ4n) is 3.11. The van der Waals surface area contributed by atoms with Crippen LogP contribution in [0.2, 0.25) is 0 Å². The number of benzene rings is 1. The minimum atomic E-state index is -4.48. The van der Waals surface area contributed by atoms with Gasteiger partial charge in [-0.15, -0.1) is 0 Å². The van der Waals surface area contributed by atoms with Gasteiger partial charge in [0.05, 0.1) is 14.2 Å². The molecule has 1 aliphatic heterocycles. The number of alkyl halides is 3. The van der Waals surface area contributed by atoms with Crippen molar-refractivity contribution in [1.82, 2.24) is 14.9 Å². The number of anilines is 1. The third kappa shape index (κ3) is 4.79. The van der Waals surface area contributed by atoms with E-state index in [9.17, 15) is 13.2 Å². The Morgan fingerprint density at radius 1 is 1.22 bits per heavy atom. The second-order valence-corrected chi connectivity index (χ2v) is 6.31. The van der Waals surface area contributed by atoms with E-state index in [2.05, 4.69) is 20.2 Å². The Balaban J connectivity index is 1.63. The van der Waals surface area contributed by atoms with Gasteiger partial charge in [0.1, 0.15) is 17.2 Å². The topological polar surface area (TPSA) is 59.5 Å². The van der Waals surface area contributed by atoms with E-state index in [4.69, 9.17) is 9.47 Å². The van der Waals surface area contributed by atoms with Crippen LogP contribution in [0.1, 0.15) is 17.7 Å². The molecule has 0 spiro atoms. The summed E-state index contributed by atoms with van der Waals surface area (Å²) in [4.78, 5) is 9.66. The molecular weight excluding hydrogens is 361 g/mol. The highest BCUT2D eigenvalue weighted by atomic mass is 19.4. The maximum absolute atomic E-state index is 12.8. The second-order valence-electron chi connectivity index (χ2n) is 6.31. The first-order valence-electron chi connectivity index (χ1n) is 8.49. The smallest absolute Gasteiger partial charge is 0.433 e.